The van der Waals surface area contributed by atoms with Gasteiger partial charge in [-0.05, 0) is 30.3 Å². The number of ether oxygens (including phenoxy) is 1. The first-order valence-electron chi connectivity index (χ1n) is 5.83. The normalized spacial score (nSPS) is 10.3. The molecule has 0 aliphatic carbocycles. The molecule has 0 atom stereocenters. The molecule has 0 aliphatic rings. The maximum atomic E-state index is 9.40. The molecule has 92 valence electrons. The predicted molar refractivity (Wildman–Crippen MR) is 72.8 cm³/mol. The number of aromatic amines is 1. The quantitative estimate of drug-likeness (QED) is 0.759. The van der Waals surface area contributed by atoms with Gasteiger partial charge in [0.25, 0.3) is 0 Å². The average Bonchev–Trinajstić information content (AvgIpc) is 2.85. The third kappa shape index (κ3) is 1.81. The van der Waals surface area contributed by atoms with Gasteiger partial charge in [-0.2, -0.15) is 5.26 Å². The Morgan fingerprint density at radius 1 is 1.32 bits per heavy atom. The third-order valence-electron chi connectivity index (χ3n) is 3.07. The van der Waals surface area contributed by atoms with E-state index in [0.717, 1.165) is 27.9 Å². The molecular formula is C15H11N3O. The van der Waals surface area contributed by atoms with Gasteiger partial charge in [0, 0.05) is 28.9 Å². The lowest BCUT2D eigenvalue weighted by atomic mass is 10.1. The number of hydrogen-bond acceptors (Lipinski definition) is 3. The molecule has 1 N–H and O–H groups in total. The van der Waals surface area contributed by atoms with Crippen molar-refractivity contribution >= 4 is 10.9 Å². The van der Waals surface area contributed by atoms with Gasteiger partial charge in [0.2, 0.25) is 0 Å². The Balaban J connectivity index is 2.30. The highest BCUT2D eigenvalue weighted by Gasteiger charge is 2.13. The Bertz CT molecular complexity index is 769. The molecule has 2 heterocycles. The SMILES string of the molecule is COc1ccc2[nH]c(-c3cccnc3)c(C#N)c2c1. The van der Waals surface area contributed by atoms with E-state index in [2.05, 4.69) is 16.0 Å². The van der Waals surface area contributed by atoms with Gasteiger partial charge in [-0.25, -0.2) is 0 Å². The summed E-state index contributed by atoms with van der Waals surface area (Å²) in [5, 5.41) is 10.3. The Kier molecular flexibility index (Phi) is 2.66. The summed E-state index contributed by atoms with van der Waals surface area (Å²) in [4.78, 5) is 7.35. The first-order valence-corrected chi connectivity index (χ1v) is 5.83. The monoisotopic (exact) mass is 249 g/mol. The smallest absolute Gasteiger partial charge is 0.119 e. The van der Waals surface area contributed by atoms with E-state index in [1.165, 1.54) is 0 Å². The minimum atomic E-state index is 0.613. The first kappa shape index (κ1) is 11.3. The fraction of sp³-hybridized carbons (Fsp3) is 0.0667. The number of aromatic nitrogens is 2. The molecule has 1 aromatic carbocycles. The van der Waals surface area contributed by atoms with Crippen LogP contribution >= 0.6 is 0 Å². The number of nitrogens with zero attached hydrogens (tertiary/aromatic N) is 2. The lowest BCUT2D eigenvalue weighted by Gasteiger charge is -1.98. The topological polar surface area (TPSA) is 61.7 Å². The van der Waals surface area contributed by atoms with Gasteiger partial charge in [0.1, 0.15) is 11.8 Å². The van der Waals surface area contributed by atoms with Crippen molar-refractivity contribution in [3.05, 3.63) is 48.3 Å². The van der Waals surface area contributed by atoms with Crippen LogP contribution in [0.3, 0.4) is 0 Å². The van der Waals surface area contributed by atoms with Crippen LogP contribution in [0.1, 0.15) is 5.56 Å². The summed E-state index contributed by atoms with van der Waals surface area (Å²) in [6.45, 7) is 0. The van der Waals surface area contributed by atoms with Gasteiger partial charge in [-0.15, -0.1) is 0 Å². The highest BCUT2D eigenvalue weighted by molar-refractivity contribution is 5.94. The molecule has 3 aromatic rings. The van der Waals surface area contributed by atoms with Crippen molar-refractivity contribution in [2.45, 2.75) is 0 Å². The maximum Gasteiger partial charge on any atom is 0.119 e. The summed E-state index contributed by atoms with van der Waals surface area (Å²) in [7, 11) is 1.61. The largest absolute Gasteiger partial charge is 0.497 e. The van der Waals surface area contributed by atoms with Gasteiger partial charge in [-0.3, -0.25) is 4.98 Å². The molecule has 2 aromatic heterocycles. The number of hydrogen-bond donors (Lipinski definition) is 1. The molecule has 19 heavy (non-hydrogen) atoms. The van der Waals surface area contributed by atoms with Crippen molar-refractivity contribution < 1.29 is 4.74 Å². The summed E-state index contributed by atoms with van der Waals surface area (Å²) in [6, 6.07) is 11.7. The van der Waals surface area contributed by atoms with Crippen LogP contribution in [0, 0.1) is 11.3 Å². The zero-order chi connectivity index (χ0) is 13.2. The number of nitriles is 1. The van der Waals surface area contributed by atoms with Crippen LogP contribution < -0.4 is 4.74 Å². The van der Waals surface area contributed by atoms with Gasteiger partial charge in [0.05, 0.1) is 18.4 Å². The second-order valence-electron chi connectivity index (χ2n) is 4.14. The minimum absolute atomic E-state index is 0.613. The highest BCUT2D eigenvalue weighted by atomic mass is 16.5. The van der Waals surface area contributed by atoms with E-state index in [0.29, 0.717) is 5.56 Å². The molecule has 0 aliphatic heterocycles. The van der Waals surface area contributed by atoms with Crippen LogP contribution in [0.4, 0.5) is 0 Å². The van der Waals surface area contributed by atoms with Gasteiger partial charge in [-0.1, -0.05) is 0 Å². The van der Waals surface area contributed by atoms with Crippen molar-refractivity contribution in [1.82, 2.24) is 9.97 Å². The van der Waals surface area contributed by atoms with Crippen LogP contribution in [0.5, 0.6) is 5.75 Å². The maximum absolute atomic E-state index is 9.40. The van der Waals surface area contributed by atoms with Crippen molar-refractivity contribution in [2.75, 3.05) is 7.11 Å². The van der Waals surface area contributed by atoms with Gasteiger partial charge < -0.3 is 9.72 Å². The molecule has 3 rings (SSSR count). The van der Waals surface area contributed by atoms with E-state index in [-0.39, 0.29) is 0 Å². The summed E-state index contributed by atoms with van der Waals surface area (Å²) >= 11 is 0. The third-order valence-corrected chi connectivity index (χ3v) is 3.07. The molecule has 0 spiro atoms. The summed E-state index contributed by atoms with van der Waals surface area (Å²) in [5.74, 6) is 0.737. The van der Waals surface area contributed by atoms with Gasteiger partial charge in [0.15, 0.2) is 0 Å². The molecule has 0 radical (unpaired) electrons. The molecule has 0 unspecified atom stereocenters. The molecule has 0 fully saturated rings. The van der Waals surface area contributed by atoms with Crippen molar-refractivity contribution in [3.8, 4) is 23.1 Å². The van der Waals surface area contributed by atoms with Crippen molar-refractivity contribution in [3.63, 3.8) is 0 Å². The summed E-state index contributed by atoms with van der Waals surface area (Å²) < 4.78 is 5.20. The van der Waals surface area contributed by atoms with E-state index in [1.54, 1.807) is 19.5 Å². The minimum Gasteiger partial charge on any atom is -0.497 e. The van der Waals surface area contributed by atoms with E-state index in [9.17, 15) is 5.26 Å². The van der Waals surface area contributed by atoms with Crippen LogP contribution in [-0.2, 0) is 0 Å². The van der Waals surface area contributed by atoms with Crippen LogP contribution in [0.25, 0.3) is 22.2 Å². The van der Waals surface area contributed by atoms with Crippen LogP contribution in [0.2, 0.25) is 0 Å². The van der Waals surface area contributed by atoms with Crippen LogP contribution in [-0.4, -0.2) is 17.1 Å². The highest BCUT2D eigenvalue weighted by Crippen LogP contribution is 2.31. The molecule has 0 saturated heterocycles. The number of H-pyrrole nitrogens is 1. The number of nitrogens with one attached hydrogen (secondary N) is 1. The van der Waals surface area contributed by atoms with E-state index in [1.807, 2.05) is 30.3 Å². The van der Waals surface area contributed by atoms with E-state index >= 15 is 0 Å². The Labute approximate surface area is 110 Å². The second-order valence-corrected chi connectivity index (χ2v) is 4.14. The Morgan fingerprint density at radius 3 is 2.89 bits per heavy atom. The molecule has 0 bridgehead atoms. The predicted octanol–water partition coefficient (Wildman–Crippen LogP) is 3.11. The summed E-state index contributed by atoms with van der Waals surface area (Å²) in [6.07, 6.45) is 3.45. The fourth-order valence-electron chi connectivity index (χ4n) is 2.14. The zero-order valence-electron chi connectivity index (χ0n) is 10.3. The number of pyridine rings is 1. The zero-order valence-corrected chi connectivity index (χ0v) is 10.3. The Hall–Kier alpha value is -2.80. The number of fused-ring (bicyclic) bond motifs is 1. The fourth-order valence-corrected chi connectivity index (χ4v) is 2.14. The lowest BCUT2D eigenvalue weighted by Crippen LogP contribution is -1.83. The van der Waals surface area contributed by atoms with E-state index < -0.39 is 0 Å². The number of methoxy groups -OCH3 is 1. The lowest BCUT2D eigenvalue weighted by molar-refractivity contribution is 0.415. The van der Waals surface area contributed by atoms with Crippen molar-refractivity contribution in [1.29, 1.82) is 5.26 Å². The number of benzene rings is 1. The second kappa shape index (κ2) is 4.46. The Morgan fingerprint density at radius 2 is 2.21 bits per heavy atom. The molecule has 0 saturated carbocycles. The molecule has 0 amide bonds. The summed E-state index contributed by atoms with van der Waals surface area (Å²) in [5.41, 5.74) is 3.21. The number of rotatable bonds is 2. The van der Waals surface area contributed by atoms with Crippen molar-refractivity contribution in [2.24, 2.45) is 0 Å². The molecule has 4 nitrogen and oxygen atoms in total. The standard InChI is InChI=1S/C15H11N3O/c1-19-11-4-5-14-12(7-11)13(8-16)15(18-14)10-3-2-6-17-9-10/h2-7,9,18H,1H3. The first-order chi connectivity index (χ1) is 9.33. The average molecular weight is 249 g/mol. The molecular weight excluding hydrogens is 238 g/mol. The molecule has 4 heteroatoms. The van der Waals surface area contributed by atoms with Crippen LogP contribution in [0.15, 0.2) is 42.7 Å². The van der Waals surface area contributed by atoms with Gasteiger partial charge >= 0.3 is 0 Å². The van der Waals surface area contributed by atoms with E-state index in [4.69, 9.17) is 4.74 Å².